The molecule has 3 aromatic rings. The van der Waals surface area contributed by atoms with Crippen LogP contribution in [0.1, 0.15) is 11.4 Å². The van der Waals surface area contributed by atoms with E-state index in [2.05, 4.69) is 16.2 Å². The average Bonchev–Trinajstić information content (AvgIpc) is 2.96. The van der Waals surface area contributed by atoms with Crippen molar-refractivity contribution in [1.29, 1.82) is 5.26 Å². The maximum Gasteiger partial charge on any atom is 0.174 e. The fourth-order valence-corrected chi connectivity index (χ4v) is 2.22. The number of ether oxygens (including phenoxy) is 1. The van der Waals surface area contributed by atoms with Crippen molar-refractivity contribution in [2.45, 2.75) is 6.42 Å². The summed E-state index contributed by atoms with van der Waals surface area (Å²) in [7, 11) is 1.64. The number of rotatable bonds is 4. The highest BCUT2D eigenvalue weighted by atomic mass is 16.5. The minimum Gasteiger partial charge on any atom is -0.384 e. The predicted octanol–water partition coefficient (Wildman–Crippen LogP) is 2.46. The van der Waals surface area contributed by atoms with Gasteiger partial charge in [0, 0.05) is 19.1 Å². The highest BCUT2D eigenvalue weighted by molar-refractivity contribution is 5.67. The van der Waals surface area contributed by atoms with Crippen LogP contribution in [0, 0.1) is 11.3 Å². The number of hydrogen-bond acceptors (Lipinski definition) is 4. The smallest absolute Gasteiger partial charge is 0.174 e. The zero-order valence-corrected chi connectivity index (χ0v) is 11.7. The summed E-state index contributed by atoms with van der Waals surface area (Å²) in [4.78, 5) is 4.46. The van der Waals surface area contributed by atoms with Crippen LogP contribution in [0.15, 0.2) is 42.5 Å². The van der Waals surface area contributed by atoms with E-state index in [1.165, 1.54) is 0 Å². The molecule has 5 nitrogen and oxygen atoms in total. The lowest BCUT2D eigenvalue weighted by molar-refractivity contribution is 0.200. The Hall–Kier alpha value is -2.71. The number of pyridine rings is 1. The van der Waals surface area contributed by atoms with E-state index in [-0.39, 0.29) is 0 Å². The predicted molar refractivity (Wildman–Crippen MR) is 78.7 cm³/mol. The van der Waals surface area contributed by atoms with Gasteiger partial charge in [0.2, 0.25) is 0 Å². The summed E-state index contributed by atoms with van der Waals surface area (Å²) in [5, 5.41) is 13.7. The van der Waals surface area contributed by atoms with Gasteiger partial charge in [0.15, 0.2) is 11.5 Å². The molecule has 0 fully saturated rings. The first-order valence-corrected chi connectivity index (χ1v) is 6.66. The van der Waals surface area contributed by atoms with E-state index in [0.29, 0.717) is 30.1 Å². The van der Waals surface area contributed by atoms with Crippen molar-refractivity contribution < 1.29 is 4.74 Å². The highest BCUT2D eigenvalue weighted by Crippen LogP contribution is 2.21. The first-order chi connectivity index (χ1) is 10.3. The number of fused-ring (bicyclic) bond motifs is 1. The second-order valence-electron chi connectivity index (χ2n) is 4.62. The quantitative estimate of drug-likeness (QED) is 0.735. The van der Waals surface area contributed by atoms with Crippen LogP contribution in [0.4, 0.5) is 0 Å². The zero-order chi connectivity index (χ0) is 14.7. The van der Waals surface area contributed by atoms with E-state index in [9.17, 15) is 5.26 Å². The second-order valence-corrected chi connectivity index (χ2v) is 4.62. The van der Waals surface area contributed by atoms with Crippen molar-refractivity contribution in [2.24, 2.45) is 0 Å². The number of nitrogens with zero attached hydrogens (tertiary/aromatic N) is 4. The van der Waals surface area contributed by atoms with Gasteiger partial charge in [0.05, 0.1) is 17.9 Å². The zero-order valence-electron chi connectivity index (χ0n) is 11.7. The van der Waals surface area contributed by atoms with Crippen molar-refractivity contribution in [1.82, 2.24) is 14.6 Å². The molecule has 5 heteroatoms. The molecule has 0 radical (unpaired) electrons. The summed E-state index contributed by atoms with van der Waals surface area (Å²) in [5.74, 6) is 0.678. The first-order valence-electron chi connectivity index (χ1n) is 6.66. The molecular weight excluding hydrogens is 264 g/mol. The molecule has 1 aromatic carbocycles. The third-order valence-corrected chi connectivity index (χ3v) is 3.25. The number of methoxy groups -OCH3 is 1. The fourth-order valence-electron chi connectivity index (χ4n) is 2.22. The Morgan fingerprint density at radius 2 is 2.00 bits per heavy atom. The number of aromatic nitrogens is 3. The molecule has 21 heavy (non-hydrogen) atoms. The molecule has 0 aliphatic carbocycles. The van der Waals surface area contributed by atoms with Gasteiger partial charge in [-0.1, -0.05) is 30.3 Å². The second kappa shape index (κ2) is 5.73. The van der Waals surface area contributed by atoms with Gasteiger partial charge in [-0.3, -0.25) is 0 Å². The van der Waals surface area contributed by atoms with Crippen molar-refractivity contribution >= 4 is 5.65 Å². The van der Waals surface area contributed by atoms with E-state index in [4.69, 9.17) is 4.74 Å². The lowest BCUT2D eigenvalue weighted by Crippen LogP contribution is -1.98. The molecule has 0 aliphatic heterocycles. The van der Waals surface area contributed by atoms with E-state index in [1.807, 2.05) is 36.4 Å². The average molecular weight is 278 g/mol. The molecular formula is C16H14N4O. The van der Waals surface area contributed by atoms with Gasteiger partial charge < -0.3 is 4.74 Å². The fraction of sp³-hybridized carbons (Fsp3) is 0.188. The summed E-state index contributed by atoms with van der Waals surface area (Å²) < 4.78 is 6.79. The molecule has 0 aliphatic rings. The Bertz CT molecular complexity index is 802. The Morgan fingerprint density at radius 1 is 1.19 bits per heavy atom. The van der Waals surface area contributed by atoms with Gasteiger partial charge in [-0.2, -0.15) is 10.4 Å². The Morgan fingerprint density at radius 3 is 2.71 bits per heavy atom. The van der Waals surface area contributed by atoms with Crippen LogP contribution in [-0.4, -0.2) is 28.3 Å². The summed E-state index contributed by atoms with van der Waals surface area (Å²) in [6, 6.07) is 15.8. The van der Waals surface area contributed by atoms with Crippen LogP contribution in [-0.2, 0) is 11.2 Å². The van der Waals surface area contributed by atoms with Gasteiger partial charge in [-0.15, -0.1) is 0 Å². The van der Waals surface area contributed by atoms with Crippen LogP contribution < -0.4 is 0 Å². The van der Waals surface area contributed by atoms with Crippen LogP contribution in [0.2, 0.25) is 0 Å². The molecule has 0 amide bonds. The molecule has 0 saturated carbocycles. The summed E-state index contributed by atoms with van der Waals surface area (Å²) >= 11 is 0. The molecule has 0 unspecified atom stereocenters. The lowest BCUT2D eigenvalue weighted by atomic mass is 10.1. The summed E-state index contributed by atoms with van der Waals surface area (Å²) in [6.45, 7) is 0.555. The van der Waals surface area contributed by atoms with E-state index in [1.54, 1.807) is 17.7 Å². The van der Waals surface area contributed by atoms with Gasteiger partial charge in [-0.05, 0) is 12.1 Å². The van der Waals surface area contributed by atoms with Gasteiger partial charge >= 0.3 is 0 Å². The van der Waals surface area contributed by atoms with Crippen LogP contribution in [0.3, 0.4) is 0 Å². The van der Waals surface area contributed by atoms with Crippen LogP contribution in [0.25, 0.3) is 16.9 Å². The van der Waals surface area contributed by atoms with Crippen molar-refractivity contribution in [3.8, 4) is 17.3 Å². The molecule has 0 atom stereocenters. The number of hydrogen-bond donors (Lipinski definition) is 0. The number of nitriles is 1. The molecule has 0 saturated heterocycles. The van der Waals surface area contributed by atoms with Crippen molar-refractivity contribution in [3.05, 3.63) is 53.9 Å². The largest absolute Gasteiger partial charge is 0.384 e. The topological polar surface area (TPSA) is 63.2 Å². The Balaban J connectivity index is 2.18. The summed E-state index contributed by atoms with van der Waals surface area (Å²) in [6.07, 6.45) is 0.622. The SMILES string of the molecule is COCCc1nc2c(C#N)ccc(-c3ccccc3)n2n1. The third-order valence-electron chi connectivity index (χ3n) is 3.25. The van der Waals surface area contributed by atoms with Gasteiger partial charge in [-0.25, -0.2) is 9.50 Å². The number of benzene rings is 1. The van der Waals surface area contributed by atoms with E-state index >= 15 is 0 Å². The van der Waals surface area contributed by atoms with Crippen LogP contribution >= 0.6 is 0 Å². The van der Waals surface area contributed by atoms with E-state index < -0.39 is 0 Å². The lowest BCUT2D eigenvalue weighted by Gasteiger charge is -2.04. The molecule has 0 N–H and O–H groups in total. The van der Waals surface area contributed by atoms with Gasteiger partial charge in [0.1, 0.15) is 6.07 Å². The summed E-state index contributed by atoms with van der Waals surface area (Å²) in [5.41, 5.74) is 3.06. The van der Waals surface area contributed by atoms with E-state index in [0.717, 1.165) is 11.3 Å². The molecule has 104 valence electrons. The monoisotopic (exact) mass is 278 g/mol. The molecule has 3 rings (SSSR count). The highest BCUT2D eigenvalue weighted by Gasteiger charge is 2.12. The first kappa shape index (κ1) is 13.3. The minimum absolute atomic E-state index is 0.519. The van der Waals surface area contributed by atoms with Crippen molar-refractivity contribution in [3.63, 3.8) is 0 Å². The molecule has 0 bridgehead atoms. The van der Waals surface area contributed by atoms with Gasteiger partial charge in [0.25, 0.3) is 0 Å². The minimum atomic E-state index is 0.519. The molecule has 0 spiro atoms. The Kier molecular flexibility index (Phi) is 3.63. The molecule has 2 aromatic heterocycles. The normalized spacial score (nSPS) is 10.7. The van der Waals surface area contributed by atoms with Crippen molar-refractivity contribution in [2.75, 3.05) is 13.7 Å². The van der Waals surface area contributed by atoms with Crippen LogP contribution in [0.5, 0.6) is 0 Å². The standard InChI is InChI=1S/C16H14N4O/c1-21-10-9-15-18-16-13(11-17)7-8-14(20(16)19-15)12-5-3-2-4-6-12/h2-8H,9-10H2,1H3. The maximum absolute atomic E-state index is 9.23. The maximum atomic E-state index is 9.23. The Labute approximate surface area is 122 Å². The molecule has 2 heterocycles. The third kappa shape index (κ3) is 2.49.